The van der Waals surface area contributed by atoms with Crippen LogP contribution in [-0.2, 0) is 9.59 Å². The van der Waals surface area contributed by atoms with Crippen molar-refractivity contribution in [1.29, 1.82) is 0 Å². The molecular formula is C10H17N3O4. The van der Waals surface area contributed by atoms with Crippen molar-refractivity contribution in [3.8, 4) is 0 Å². The van der Waals surface area contributed by atoms with Crippen molar-refractivity contribution in [3.05, 3.63) is 16.6 Å². The molecule has 0 aliphatic carbocycles. The number of hydrogen-bond acceptors (Lipinski definition) is 4. The summed E-state index contributed by atoms with van der Waals surface area (Å²) in [7, 11) is 0. The standard InChI is InChI=1S/C10H17N3O4/c1-6-7(2)13(17)5-12(6)8(10(15)16)3-4-9(11)14/h8,13H,3-5H2,1-2H3,(H2,11,14)(H,15,16). The van der Waals surface area contributed by atoms with E-state index in [0.717, 1.165) is 0 Å². The lowest BCUT2D eigenvalue weighted by Crippen LogP contribution is -3.04. The van der Waals surface area contributed by atoms with Crippen molar-refractivity contribution in [2.24, 2.45) is 5.73 Å². The van der Waals surface area contributed by atoms with Gasteiger partial charge in [0.2, 0.25) is 5.91 Å². The number of carboxylic acid groups (broad SMARTS) is 1. The molecule has 7 heteroatoms. The van der Waals surface area contributed by atoms with Gasteiger partial charge < -0.3 is 26.0 Å². The van der Waals surface area contributed by atoms with Gasteiger partial charge in [0, 0.05) is 13.3 Å². The lowest BCUT2D eigenvalue weighted by atomic mass is 10.1. The maximum absolute atomic E-state index is 11.5. The fourth-order valence-electron chi connectivity index (χ4n) is 1.84. The van der Waals surface area contributed by atoms with Crippen LogP contribution in [0, 0.1) is 5.21 Å². The third-order valence-corrected chi connectivity index (χ3v) is 3.03. The van der Waals surface area contributed by atoms with E-state index < -0.39 is 17.9 Å². The molecule has 96 valence electrons. The predicted molar refractivity (Wildman–Crippen MR) is 59.3 cm³/mol. The van der Waals surface area contributed by atoms with Crippen LogP contribution in [0.4, 0.5) is 0 Å². The van der Waals surface area contributed by atoms with E-state index in [9.17, 15) is 14.8 Å². The highest BCUT2D eigenvalue weighted by Crippen LogP contribution is 2.17. The van der Waals surface area contributed by atoms with E-state index >= 15 is 0 Å². The maximum atomic E-state index is 11.5. The number of aliphatic carboxylic acids is 1. The summed E-state index contributed by atoms with van der Waals surface area (Å²) < 4.78 is 0. The highest BCUT2D eigenvalue weighted by molar-refractivity contribution is 5.77. The van der Waals surface area contributed by atoms with Crippen LogP contribution >= 0.6 is 0 Å². The van der Waals surface area contributed by atoms with Crippen LogP contribution in [0.1, 0.15) is 26.7 Å². The molecule has 0 saturated heterocycles. The van der Waals surface area contributed by atoms with Crippen molar-refractivity contribution < 1.29 is 19.8 Å². The third kappa shape index (κ3) is 2.95. The summed E-state index contributed by atoms with van der Waals surface area (Å²) in [6.45, 7) is 3.44. The second-order valence-electron chi connectivity index (χ2n) is 4.12. The molecule has 1 amide bonds. The van der Waals surface area contributed by atoms with Gasteiger partial charge in [-0.3, -0.25) is 4.79 Å². The SMILES string of the molecule is CC1=C(C)[NH+]([O-])CN1C(CCC(N)=O)C(=O)O. The number of quaternary nitrogens is 1. The van der Waals surface area contributed by atoms with Crippen LogP contribution < -0.4 is 10.8 Å². The number of allylic oxidation sites excluding steroid dienone is 2. The van der Waals surface area contributed by atoms with Crippen LogP contribution in [0.5, 0.6) is 0 Å². The van der Waals surface area contributed by atoms with Gasteiger partial charge in [0.15, 0.2) is 6.67 Å². The largest absolute Gasteiger partial charge is 0.628 e. The van der Waals surface area contributed by atoms with Gasteiger partial charge in [0.25, 0.3) is 0 Å². The summed E-state index contributed by atoms with van der Waals surface area (Å²) in [5.41, 5.74) is 6.24. The molecule has 1 aliphatic rings. The molecule has 0 saturated carbocycles. The van der Waals surface area contributed by atoms with Gasteiger partial charge in [0.05, 0.1) is 5.70 Å². The molecule has 0 bridgehead atoms. The molecule has 0 aromatic rings. The molecule has 4 N–H and O–H groups in total. The Morgan fingerprint density at radius 2 is 2.18 bits per heavy atom. The smallest absolute Gasteiger partial charge is 0.326 e. The zero-order chi connectivity index (χ0) is 13.2. The van der Waals surface area contributed by atoms with Gasteiger partial charge in [-0.25, -0.2) is 4.79 Å². The number of rotatable bonds is 5. The fourth-order valence-corrected chi connectivity index (χ4v) is 1.84. The number of nitrogens with zero attached hydrogens (tertiary/aromatic N) is 1. The highest BCUT2D eigenvalue weighted by atomic mass is 16.5. The number of carbonyl (C=O) groups excluding carboxylic acids is 1. The average Bonchev–Trinajstić information content (AvgIpc) is 2.46. The number of nitrogens with one attached hydrogen (secondary N) is 1. The number of hydroxylamine groups is 2. The number of carboxylic acids is 1. The molecule has 2 atom stereocenters. The molecule has 0 spiro atoms. The molecule has 2 unspecified atom stereocenters. The molecule has 1 rings (SSSR count). The maximum Gasteiger partial charge on any atom is 0.326 e. The summed E-state index contributed by atoms with van der Waals surface area (Å²) in [6, 6.07) is -0.871. The normalized spacial score (nSPS) is 21.8. The van der Waals surface area contributed by atoms with Crippen molar-refractivity contribution in [2.45, 2.75) is 32.7 Å². The molecule has 7 nitrogen and oxygen atoms in total. The van der Waals surface area contributed by atoms with Gasteiger partial charge in [-0.1, -0.05) is 0 Å². The third-order valence-electron chi connectivity index (χ3n) is 3.03. The monoisotopic (exact) mass is 243 g/mol. The lowest BCUT2D eigenvalue weighted by molar-refractivity contribution is -0.808. The Balaban J connectivity index is 2.80. The van der Waals surface area contributed by atoms with Gasteiger partial charge in [-0.2, -0.15) is 0 Å². The first-order valence-corrected chi connectivity index (χ1v) is 5.33. The predicted octanol–water partition coefficient (Wildman–Crippen LogP) is -1.39. The minimum absolute atomic E-state index is 0.00597. The average molecular weight is 243 g/mol. The van der Waals surface area contributed by atoms with Crippen LogP contribution in [0.25, 0.3) is 0 Å². The topological polar surface area (TPSA) is 111 Å². The van der Waals surface area contributed by atoms with E-state index in [1.54, 1.807) is 13.8 Å². The minimum Gasteiger partial charge on any atom is -0.628 e. The number of primary amides is 1. The van der Waals surface area contributed by atoms with Gasteiger partial charge in [-0.05, 0) is 13.3 Å². The Kier molecular flexibility index (Phi) is 4.08. The molecule has 1 heterocycles. The second-order valence-corrected chi connectivity index (χ2v) is 4.12. The first-order valence-electron chi connectivity index (χ1n) is 5.33. The van der Waals surface area contributed by atoms with E-state index in [1.165, 1.54) is 4.90 Å². The fraction of sp³-hybridized carbons (Fsp3) is 0.600. The summed E-state index contributed by atoms with van der Waals surface area (Å²) in [5, 5.41) is 20.5. The van der Waals surface area contributed by atoms with Crippen molar-refractivity contribution in [2.75, 3.05) is 6.67 Å². The Bertz CT molecular complexity index is 367. The quantitative estimate of drug-likeness (QED) is 0.515. The molecule has 0 fully saturated rings. The summed E-state index contributed by atoms with van der Waals surface area (Å²) in [4.78, 5) is 23.3. The summed E-state index contributed by atoms with van der Waals surface area (Å²) >= 11 is 0. The molecule has 17 heavy (non-hydrogen) atoms. The Labute approximate surface area is 99.1 Å². The van der Waals surface area contributed by atoms with E-state index in [-0.39, 0.29) is 24.6 Å². The van der Waals surface area contributed by atoms with Gasteiger partial charge in [-0.15, -0.1) is 0 Å². The van der Waals surface area contributed by atoms with Crippen LogP contribution in [-0.4, -0.2) is 34.6 Å². The minimum atomic E-state index is -1.05. The molecular weight excluding hydrogens is 226 g/mol. The van der Waals surface area contributed by atoms with Crippen molar-refractivity contribution >= 4 is 11.9 Å². The van der Waals surface area contributed by atoms with E-state index in [2.05, 4.69) is 0 Å². The lowest BCUT2D eigenvalue weighted by Gasteiger charge is -2.26. The van der Waals surface area contributed by atoms with Crippen LogP contribution in [0.2, 0.25) is 0 Å². The highest BCUT2D eigenvalue weighted by Gasteiger charge is 2.33. The Morgan fingerprint density at radius 1 is 1.59 bits per heavy atom. The number of nitrogens with two attached hydrogens (primary N) is 1. The van der Waals surface area contributed by atoms with Gasteiger partial charge in [0.1, 0.15) is 11.7 Å². The molecule has 0 aromatic carbocycles. The summed E-state index contributed by atoms with van der Waals surface area (Å²) in [6.07, 6.45) is 0.108. The summed E-state index contributed by atoms with van der Waals surface area (Å²) in [5.74, 6) is -1.59. The molecule has 0 aromatic heterocycles. The second kappa shape index (κ2) is 5.15. The number of hydrogen-bond donors (Lipinski definition) is 3. The van der Waals surface area contributed by atoms with Crippen molar-refractivity contribution in [1.82, 2.24) is 4.90 Å². The molecule has 0 radical (unpaired) electrons. The van der Waals surface area contributed by atoms with Crippen molar-refractivity contribution in [3.63, 3.8) is 0 Å². The van der Waals surface area contributed by atoms with E-state index in [4.69, 9.17) is 10.8 Å². The van der Waals surface area contributed by atoms with E-state index in [0.29, 0.717) is 11.4 Å². The van der Waals surface area contributed by atoms with E-state index in [1.807, 2.05) is 0 Å². The van der Waals surface area contributed by atoms with Gasteiger partial charge >= 0.3 is 5.97 Å². The van der Waals surface area contributed by atoms with Crippen LogP contribution in [0.3, 0.4) is 0 Å². The first kappa shape index (κ1) is 13.5. The zero-order valence-electron chi connectivity index (χ0n) is 9.90. The first-order chi connectivity index (χ1) is 7.84. The Hall–Kier alpha value is -1.60. The number of carbonyl (C=O) groups is 2. The zero-order valence-corrected chi connectivity index (χ0v) is 9.90. The molecule has 1 aliphatic heterocycles. The number of amides is 1. The Morgan fingerprint density at radius 3 is 2.53 bits per heavy atom. The van der Waals surface area contributed by atoms with Crippen LogP contribution in [0.15, 0.2) is 11.4 Å².